The Balaban J connectivity index is 2.25. The smallest absolute Gasteiger partial charge is 0.256 e. The molecule has 20 heavy (non-hydrogen) atoms. The van der Waals surface area contributed by atoms with Crippen molar-refractivity contribution >= 4 is 22.8 Å². The summed E-state index contributed by atoms with van der Waals surface area (Å²) >= 11 is 1.43. The summed E-state index contributed by atoms with van der Waals surface area (Å²) in [7, 11) is 0. The molecule has 2 aromatic heterocycles. The van der Waals surface area contributed by atoms with Crippen LogP contribution in [0.4, 0.5) is 0 Å². The monoisotopic (exact) mass is 291 g/mol. The second-order valence-electron chi connectivity index (χ2n) is 5.12. The van der Waals surface area contributed by atoms with E-state index in [4.69, 9.17) is 0 Å². The fourth-order valence-electron chi connectivity index (χ4n) is 2.88. The van der Waals surface area contributed by atoms with Gasteiger partial charge in [0.25, 0.3) is 5.56 Å². The van der Waals surface area contributed by atoms with Gasteiger partial charge in [-0.25, -0.2) is 9.97 Å². The first-order valence-electron chi connectivity index (χ1n) is 6.86. The van der Waals surface area contributed by atoms with Crippen LogP contribution in [0.3, 0.4) is 0 Å². The minimum Gasteiger partial charge on any atom is -0.507 e. The average Bonchev–Trinajstić information content (AvgIpc) is 2.47. The molecular weight excluding hydrogens is 274 g/mol. The van der Waals surface area contributed by atoms with Gasteiger partial charge in [0.05, 0.1) is 5.39 Å². The largest absolute Gasteiger partial charge is 0.507 e. The molecule has 0 bridgehead atoms. The van der Waals surface area contributed by atoms with Crippen molar-refractivity contribution in [1.29, 1.82) is 0 Å². The Morgan fingerprint density at radius 1 is 1.35 bits per heavy atom. The molecular formula is C14H17N3O2S. The number of aromatic nitrogens is 3. The zero-order chi connectivity index (χ0) is 14.1. The first kappa shape index (κ1) is 13.4. The lowest BCUT2D eigenvalue weighted by molar-refractivity contribution is 0.351. The van der Waals surface area contributed by atoms with Crippen molar-refractivity contribution in [3.05, 3.63) is 22.6 Å². The van der Waals surface area contributed by atoms with Crippen LogP contribution in [0.25, 0.3) is 11.0 Å². The molecule has 0 radical (unpaired) electrons. The molecule has 1 N–H and O–H groups in total. The molecule has 0 aliphatic heterocycles. The molecule has 3 rings (SSSR count). The van der Waals surface area contributed by atoms with Gasteiger partial charge in [-0.15, -0.1) is 0 Å². The van der Waals surface area contributed by atoms with Gasteiger partial charge in [0.2, 0.25) is 0 Å². The molecule has 1 fully saturated rings. The van der Waals surface area contributed by atoms with E-state index in [1.54, 1.807) is 10.8 Å². The molecule has 0 unspecified atom stereocenters. The quantitative estimate of drug-likeness (QED) is 0.680. The molecule has 1 saturated carbocycles. The average molecular weight is 291 g/mol. The number of nitrogens with zero attached hydrogens (tertiary/aromatic N) is 3. The molecule has 0 atom stereocenters. The third-order valence-corrected chi connectivity index (χ3v) is 4.43. The Morgan fingerprint density at radius 2 is 2.10 bits per heavy atom. The Hall–Kier alpha value is -1.56. The van der Waals surface area contributed by atoms with Crippen LogP contribution >= 0.6 is 11.8 Å². The molecule has 0 aromatic carbocycles. The number of aromatic hydroxyl groups is 1. The lowest BCUT2D eigenvalue weighted by Crippen LogP contribution is -2.26. The maximum Gasteiger partial charge on any atom is 0.256 e. The zero-order valence-corrected chi connectivity index (χ0v) is 12.2. The molecule has 2 aromatic rings. The van der Waals surface area contributed by atoms with E-state index in [0.717, 1.165) is 25.7 Å². The molecule has 0 spiro atoms. The highest BCUT2D eigenvalue weighted by Gasteiger charge is 2.20. The summed E-state index contributed by atoms with van der Waals surface area (Å²) in [4.78, 5) is 20.9. The maximum absolute atomic E-state index is 12.3. The van der Waals surface area contributed by atoms with E-state index in [9.17, 15) is 9.90 Å². The maximum atomic E-state index is 12.3. The van der Waals surface area contributed by atoms with Gasteiger partial charge in [-0.1, -0.05) is 31.0 Å². The molecule has 1 aliphatic carbocycles. The number of fused-ring (bicyclic) bond motifs is 1. The van der Waals surface area contributed by atoms with E-state index in [2.05, 4.69) is 9.97 Å². The van der Waals surface area contributed by atoms with Gasteiger partial charge in [0.1, 0.15) is 5.75 Å². The van der Waals surface area contributed by atoms with Crippen LogP contribution < -0.4 is 5.56 Å². The van der Waals surface area contributed by atoms with Gasteiger partial charge >= 0.3 is 0 Å². The molecule has 0 saturated heterocycles. The molecule has 2 heterocycles. The Bertz CT molecular complexity index is 693. The topological polar surface area (TPSA) is 68.0 Å². The van der Waals surface area contributed by atoms with Gasteiger partial charge in [-0.3, -0.25) is 9.36 Å². The number of hydrogen-bond donors (Lipinski definition) is 1. The highest BCUT2D eigenvalue weighted by molar-refractivity contribution is 7.98. The second kappa shape index (κ2) is 5.44. The Labute approximate surface area is 121 Å². The van der Waals surface area contributed by atoms with Crippen molar-refractivity contribution in [3.8, 4) is 5.75 Å². The highest BCUT2D eigenvalue weighted by atomic mass is 32.2. The van der Waals surface area contributed by atoms with Crippen molar-refractivity contribution in [2.24, 2.45) is 0 Å². The lowest BCUT2D eigenvalue weighted by atomic mass is 9.95. The second-order valence-corrected chi connectivity index (χ2v) is 5.90. The van der Waals surface area contributed by atoms with E-state index in [0.29, 0.717) is 16.2 Å². The summed E-state index contributed by atoms with van der Waals surface area (Å²) in [5, 5.41) is 11.1. The van der Waals surface area contributed by atoms with Crippen molar-refractivity contribution in [3.63, 3.8) is 0 Å². The van der Waals surface area contributed by atoms with Crippen LogP contribution in [0.5, 0.6) is 5.75 Å². The molecule has 5 nitrogen and oxygen atoms in total. The fraction of sp³-hybridized carbons (Fsp3) is 0.500. The van der Waals surface area contributed by atoms with E-state index in [1.807, 2.05) is 6.26 Å². The number of rotatable bonds is 2. The van der Waals surface area contributed by atoms with Crippen LogP contribution in [0.15, 0.2) is 22.2 Å². The minimum atomic E-state index is -0.173. The summed E-state index contributed by atoms with van der Waals surface area (Å²) in [6, 6.07) is 1.46. The van der Waals surface area contributed by atoms with E-state index in [-0.39, 0.29) is 17.4 Å². The first-order valence-corrected chi connectivity index (χ1v) is 8.08. The van der Waals surface area contributed by atoms with Crippen molar-refractivity contribution in [2.75, 3.05) is 6.26 Å². The molecule has 6 heteroatoms. The normalized spacial score (nSPS) is 16.6. The van der Waals surface area contributed by atoms with Gasteiger partial charge in [-0.05, 0) is 19.1 Å². The molecule has 1 aliphatic rings. The summed E-state index contributed by atoms with van der Waals surface area (Å²) < 4.78 is 1.75. The number of hydrogen-bond acceptors (Lipinski definition) is 5. The third kappa shape index (κ3) is 2.28. The van der Waals surface area contributed by atoms with Crippen LogP contribution in [0.2, 0.25) is 0 Å². The van der Waals surface area contributed by atoms with Crippen molar-refractivity contribution in [2.45, 2.75) is 43.3 Å². The van der Waals surface area contributed by atoms with Crippen LogP contribution in [-0.4, -0.2) is 25.9 Å². The summed E-state index contributed by atoms with van der Waals surface area (Å²) in [5.74, 6) is -0.0373. The van der Waals surface area contributed by atoms with Gasteiger partial charge in [0, 0.05) is 18.3 Å². The van der Waals surface area contributed by atoms with Crippen LogP contribution in [0, 0.1) is 0 Å². The summed E-state index contributed by atoms with van der Waals surface area (Å²) in [5.41, 5.74) is 0.383. The van der Waals surface area contributed by atoms with E-state index < -0.39 is 0 Å². The first-order chi connectivity index (χ1) is 9.70. The minimum absolute atomic E-state index is 0.0373. The Morgan fingerprint density at radius 3 is 2.80 bits per heavy atom. The van der Waals surface area contributed by atoms with Crippen molar-refractivity contribution < 1.29 is 5.11 Å². The van der Waals surface area contributed by atoms with Crippen LogP contribution in [-0.2, 0) is 0 Å². The predicted molar refractivity (Wildman–Crippen MR) is 79.4 cm³/mol. The van der Waals surface area contributed by atoms with E-state index >= 15 is 0 Å². The summed E-state index contributed by atoms with van der Waals surface area (Å²) in [6.07, 6.45) is 9.00. The SMILES string of the molecule is CSc1ncc2c(O)cc(=O)n(C3CCCCC3)c2n1. The van der Waals surface area contributed by atoms with Gasteiger partial charge < -0.3 is 5.11 Å². The zero-order valence-electron chi connectivity index (χ0n) is 11.4. The summed E-state index contributed by atoms with van der Waals surface area (Å²) in [6.45, 7) is 0. The number of thioether (sulfide) groups is 1. The van der Waals surface area contributed by atoms with Crippen molar-refractivity contribution in [1.82, 2.24) is 14.5 Å². The molecule has 106 valence electrons. The number of pyridine rings is 1. The Kier molecular flexibility index (Phi) is 3.65. The lowest BCUT2D eigenvalue weighted by Gasteiger charge is -2.25. The molecule has 0 amide bonds. The van der Waals surface area contributed by atoms with E-state index in [1.165, 1.54) is 24.2 Å². The fourth-order valence-corrected chi connectivity index (χ4v) is 3.22. The standard InChI is InChI=1S/C14H17N3O2S/c1-20-14-15-8-10-11(18)7-12(19)17(13(10)16-14)9-5-3-2-4-6-9/h7-9,18H,2-6H2,1H3. The van der Waals surface area contributed by atoms with Gasteiger partial charge in [0.15, 0.2) is 10.8 Å². The van der Waals surface area contributed by atoms with Gasteiger partial charge in [-0.2, -0.15) is 0 Å². The predicted octanol–water partition coefficient (Wildman–Crippen LogP) is 2.72. The third-order valence-electron chi connectivity index (χ3n) is 3.87. The van der Waals surface area contributed by atoms with Crippen LogP contribution in [0.1, 0.15) is 38.1 Å². The highest BCUT2D eigenvalue weighted by Crippen LogP contribution is 2.31.